The number of carboxylic acids is 1. The van der Waals surface area contributed by atoms with E-state index in [1.54, 1.807) is 29.0 Å². The summed E-state index contributed by atoms with van der Waals surface area (Å²) in [7, 11) is 0. The molecule has 0 aromatic carbocycles. The van der Waals surface area contributed by atoms with Gasteiger partial charge in [0.25, 0.3) is 5.56 Å². The summed E-state index contributed by atoms with van der Waals surface area (Å²) in [4.78, 5) is 26.8. The summed E-state index contributed by atoms with van der Waals surface area (Å²) in [6.45, 7) is 0.333. The summed E-state index contributed by atoms with van der Waals surface area (Å²) < 4.78 is 3.07. The quantitative estimate of drug-likeness (QED) is 0.467. The molecule has 3 heterocycles. The van der Waals surface area contributed by atoms with E-state index in [1.807, 2.05) is 0 Å². The van der Waals surface area contributed by atoms with Gasteiger partial charge in [-0.25, -0.2) is 9.50 Å². The van der Waals surface area contributed by atoms with Crippen molar-refractivity contribution in [1.29, 1.82) is 0 Å². The van der Waals surface area contributed by atoms with E-state index in [1.165, 1.54) is 10.8 Å². The number of pyridine rings is 1. The number of aliphatic carboxylic acids is 1. The van der Waals surface area contributed by atoms with E-state index in [9.17, 15) is 14.7 Å². The summed E-state index contributed by atoms with van der Waals surface area (Å²) in [5, 5.41) is 15.0. The van der Waals surface area contributed by atoms with Crippen molar-refractivity contribution in [3.05, 3.63) is 41.1 Å². The van der Waals surface area contributed by atoms with Crippen molar-refractivity contribution < 1.29 is 39.5 Å². The third-order valence-corrected chi connectivity index (χ3v) is 3.14. The average molecular weight is 294 g/mol. The zero-order valence-electron chi connectivity index (χ0n) is 11.5. The van der Waals surface area contributed by atoms with E-state index in [0.717, 1.165) is 0 Å². The van der Waals surface area contributed by atoms with Gasteiger partial charge in [-0.2, -0.15) is 5.10 Å². The van der Waals surface area contributed by atoms with Crippen LogP contribution in [0.4, 0.5) is 0 Å². The minimum absolute atomic E-state index is 0. The maximum Gasteiger partial charge on any atom is 1.00 e. The number of aryl methyl sites for hydroxylation is 1. The van der Waals surface area contributed by atoms with Crippen LogP contribution in [0.5, 0.6) is 0 Å². The molecule has 0 spiro atoms. The molecular formula is C13H11N4NaO3. The first-order valence-electron chi connectivity index (χ1n) is 6.18. The Kier molecular flexibility index (Phi) is 4.76. The Morgan fingerprint density at radius 2 is 2.14 bits per heavy atom. The fourth-order valence-electron chi connectivity index (χ4n) is 2.17. The van der Waals surface area contributed by atoms with Crippen LogP contribution < -0.4 is 40.2 Å². The van der Waals surface area contributed by atoms with Crippen molar-refractivity contribution in [3.63, 3.8) is 0 Å². The first-order valence-corrected chi connectivity index (χ1v) is 6.18. The Morgan fingerprint density at radius 1 is 1.33 bits per heavy atom. The summed E-state index contributed by atoms with van der Waals surface area (Å²) in [5.74, 6) is -1.11. The molecule has 102 valence electrons. The summed E-state index contributed by atoms with van der Waals surface area (Å²) in [6, 6.07) is 3.53. The molecule has 0 aliphatic heterocycles. The molecule has 0 bridgehead atoms. The topological polar surface area (TPSA) is 92.3 Å². The van der Waals surface area contributed by atoms with Crippen LogP contribution in [-0.2, 0) is 11.3 Å². The van der Waals surface area contributed by atoms with E-state index in [-0.39, 0.29) is 41.5 Å². The number of carbonyl (C=O) groups is 1. The first-order chi connectivity index (χ1) is 9.66. The molecule has 0 atom stereocenters. The van der Waals surface area contributed by atoms with Crippen LogP contribution in [0.1, 0.15) is 12.8 Å². The molecule has 0 fully saturated rings. The molecule has 3 rings (SSSR count). The van der Waals surface area contributed by atoms with Crippen LogP contribution in [0.25, 0.3) is 16.6 Å². The SMILES string of the molecule is O=C([O-])CCCn1ccc2c(cnc3ccnn32)c1=O.[Na+]. The number of carboxylic acid groups (broad SMARTS) is 1. The number of fused-ring (bicyclic) bond motifs is 3. The molecule has 0 amide bonds. The van der Waals surface area contributed by atoms with Gasteiger partial charge in [0.05, 0.1) is 17.1 Å². The predicted octanol–water partition coefficient (Wildman–Crippen LogP) is -3.42. The first kappa shape index (κ1) is 15.7. The van der Waals surface area contributed by atoms with Crippen molar-refractivity contribution in [1.82, 2.24) is 19.2 Å². The van der Waals surface area contributed by atoms with Gasteiger partial charge in [-0.15, -0.1) is 0 Å². The van der Waals surface area contributed by atoms with Gasteiger partial charge in [-0.05, 0) is 18.9 Å². The van der Waals surface area contributed by atoms with E-state index < -0.39 is 5.97 Å². The second-order valence-corrected chi connectivity index (χ2v) is 4.45. The monoisotopic (exact) mass is 294 g/mol. The van der Waals surface area contributed by atoms with Gasteiger partial charge in [0.15, 0.2) is 5.65 Å². The van der Waals surface area contributed by atoms with E-state index in [2.05, 4.69) is 10.1 Å². The van der Waals surface area contributed by atoms with Crippen LogP contribution in [0, 0.1) is 0 Å². The molecular weight excluding hydrogens is 283 g/mol. The number of rotatable bonds is 4. The largest absolute Gasteiger partial charge is 1.00 e. The van der Waals surface area contributed by atoms with Gasteiger partial charge < -0.3 is 14.5 Å². The Hall–Kier alpha value is -1.70. The predicted molar refractivity (Wildman–Crippen MR) is 69.0 cm³/mol. The molecule has 3 aromatic heterocycles. The van der Waals surface area contributed by atoms with Crippen molar-refractivity contribution in [2.75, 3.05) is 0 Å². The molecule has 21 heavy (non-hydrogen) atoms. The normalized spacial score (nSPS) is 10.7. The summed E-state index contributed by atoms with van der Waals surface area (Å²) in [5.41, 5.74) is 1.15. The molecule has 0 aliphatic carbocycles. The second kappa shape index (κ2) is 6.38. The molecule has 0 saturated heterocycles. The molecule has 0 unspecified atom stereocenters. The molecule has 0 N–H and O–H groups in total. The van der Waals surface area contributed by atoms with Gasteiger partial charge in [0, 0.05) is 31.0 Å². The standard InChI is InChI=1S/C13H12N4O3.Na/c18-12(19)2-1-6-16-7-4-10-9(13(16)20)8-14-11-3-5-15-17(10)11;/h3-5,7-8H,1-2,6H2,(H,18,19);/q;+1/p-1. The second-order valence-electron chi connectivity index (χ2n) is 4.45. The minimum Gasteiger partial charge on any atom is -0.550 e. The summed E-state index contributed by atoms with van der Waals surface area (Å²) in [6.07, 6.45) is 5.06. The Morgan fingerprint density at radius 3 is 2.90 bits per heavy atom. The summed E-state index contributed by atoms with van der Waals surface area (Å²) >= 11 is 0. The minimum atomic E-state index is -1.11. The fourth-order valence-corrected chi connectivity index (χ4v) is 2.17. The zero-order valence-corrected chi connectivity index (χ0v) is 13.5. The van der Waals surface area contributed by atoms with Crippen molar-refractivity contribution >= 4 is 22.5 Å². The average Bonchev–Trinajstić information content (AvgIpc) is 2.89. The maximum atomic E-state index is 12.3. The maximum absolute atomic E-state index is 12.3. The molecule has 0 radical (unpaired) electrons. The Balaban J connectivity index is 0.00000161. The van der Waals surface area contributed by atoms with Gasteiger partial charge in [0.2, 0.25) is 0 Å². The van der Waals surface area contributed by atoms with Crippen LogP contribution in [0.3, 0.4) is 0 Å². The molecule has 8 heteroatoms. The van der Waals surface area contributed by atoms with Crippen molar-refractivity contribution in [3.8, 4) is 0 Å². The van der Waals surface area contributed by atoms with E-state index in [0.29, 0.717) is 29.5 Å². The van der Waals surface area contributed by atoms with Crippen LogP contribution in [0.15, 0.2) is 35.5 Å². The molecule has 0 aliphatic rings. The van der Waals surface area contributed by atoms with Crippen LogP contribution in [0.2, 0.25) is 0 Å². The van der Waals surface area contributed by atoms with Gasteiger partial charge in [0.1, 0.15) is 0 Å². The number of aromatic nitrogens is 4. The Bertz CT molecular complexity index is 855. The fraction of sp³-hybridized carbons (Fsp3) is 0.231. The number of hydrogen-bond donors (Lipinski definition) is 0. The van der Waals surface area contributed by atoms with Crippen molar-refractivity contribution in [2.24, 2.45) is 0 Å². The molecule has 3 aromatic rings. The number of carbonyl (C=O) groups excluding carboxylic acids is 1. The molecule has 0 saturated carbocycles. The van der Waals surface area contributed by atoms with Gasteiger partial charge >= 0.3 is 29.6 Å². The van der Waals surface area contributed by atoms with Gasteiger partial charge in [-0.3, -0.25) is 4.79 Å². The third-order valence-electron chi connectivity index (χ3n) is 3.14. The molecule has 7 nitrogen and oxygen atoms in total. The van der Waals surface area contributed by atoms with Crippen LogP contribution >= 0.6 is 0 Å². The van der Waals surface area contributed by atoms with Gasteiger partial charge in [-0.1, -0.05) is 0 Å². The van der Waals surface area contributed by atoms with E-state index in [4.69, 9.17) is 0 Å². The number of nitrogens with zero attached hydrogens (tertiary/aromatic N) is 4. The third kappa shape index (κ3) is 2.99. The van der Waals surface area contributed by atoms with Crippen molar-refractivity contribution in [2.45, 2.75) is 19.4 Å². The number of hydrogen-bond acceptors (Lipinski definition) is 5. The van der Waals surface area contributed by atoms with Crippen LogP contribution in [-0.4, -0.2) is 25.1 Å². The smallest absolute Gasteiger partial charge is 0.550 e. The zero-order chi connectivity index (χ0) is 14.1. The Labute approximate surface area is 141 Å². The van der Waals surface area contributed by atoms with E-state index >= 15 is 0 Å².